The van der Waals surface area contributed by atoms with E-state index in [0.717, 1.165) is 51.6 Å². The van der Waals surface area contributed by atoms with E-state index >= 15 is 0 Å². The first-order valence-corrected chi connectivity index (χ1v) is 8.24. The average molecular weight is 332 g/mol. The van der Waals surface area contributed by atoms with Crippen LogP contribution >= 0.6 is 12.4 Å². The van der Waals surface area contributed by atoms with Gasteiger partial charge < -0.3 is 16.0 Å². The highest BCUT2D eigenvalue weighted by Crippen LogP contribution is 2.32. The molecule has 5 nitrogen and oxygen atoms in total. The van der Waals surface area contributed by atoms with Crippen molar-refractivity contribution in [3.8, 4) is 0 Å². The maximum absolute atomic E-state index is 12.6. The summed E-state index contributed by atoms with van der Waals surface area (Å²) in [6.07, 6.45) is 5.94. The van der Waals surface area contributed by atoms with Gasteiger partial charge in [0.25, 0.3) is 0 Å². The summed E-state index contributed by atoms with van der Waals surface area (Å²) >= 11 is 0. The van der Waals surface area contributed by atoms with Gasteiger partial charge >= 0.3 is 0 Å². The van der Waals surface area contributed by atoms with Gasteiger partial charge in [-0.05, 0) is 39.5 Å². The summed E-state index contributed by atoms with van der Waals surface area (Å²) in [4.78, 5) is 27.0. The van der Waals surface area contributed by atoms with Crippen molar-refractivity contribution in [2.75, 3.05) is 19.6 Å². The number of nitrogens with zero attached hydrogens (tertiary/aromatic N) is 1. The van der Waals surface area contributed by atoms with Gasteiger partial charge in [0.15, 0.2) is 0 Å². The largest absolute Gasteiger partial charge is 0.354 e. The molecule has 1 saturated heterocycles. The molecule has 0 aromatic rings. The fourth-order valence-corrected chi connectivity index (χ4v) is 3.36. The zero-order valence-corrected chi connectivity index (χ0v) is 14.6. The number of nitrogens with one attached hydrogen (secondary N) is 1. The van der Waals surface area contributed by atoms with Gasteiger partial charge in [-0.1, -0.05) is 12.8 Å². The maximum atomic E-state index is 12.6. The van der Waals surface area contributed by atoms with Crippen molar-refractivity contribution in [3.63, 3.8) is 0 Å². The smallest absolute Gasteiger partial charge is 0.226 e. The fourth-order valence-electron chi connectivity index (χ4n) is 3.36. The topological polar surface area (TPSA) is 75.4 Å². The first kappa shape index (κ1) is 19.2. The van der Waals surface area contributed by atoms with E-state index in [1.165, 1.54) is 0 Å². The molecule has 0 radical (unpaired) electrons. The molecule has 6 heteroatoms. The zero-order valence-electron chi connectivity index (χ0n) is 13.8. The quantitative estimate of drug-likeness (QED) is 0.823. The highest BCUT2D eigenvalue weighted by Gasteiger charge is 2.38. The zero-order chi connectivity index (χ0) is 15.5. The van der Waals surface area contributed by atoms with Crippen molar-refractivity contribution in [1.29, 1.82) is 0 Å². The summed E-state index contributed by atoms with van der Waals surface area (Å²) in [6.45, 7) is 5.95. The van der Waals surface area contributed by atoms with Gasteiger partial charge in [0.05, 0.1) is 0 Å². The van der Waals surface area contributed by atoms with E-state index in [1.54, 1.807) is 0 Å². The molecule has 1 saturated carbocycles. The minimum absolute atomic E-state index is 0. The minimum atomic E-state index is -0.418. The van der Waals surface area contributed by atoms with Crippen LogP contribution in [0.2, 0.25) is 0 Å². The van der Waals surface area contributed by atoms with Crippen LogP contribution in [0, 0.1) is 11.8 Å². The molecule has 2 atom stereocenters. The predicted octanol–water partition coefficient (Wildman–Crippen LogP) is 1.69. The van der Waals surface area contributed by atoms with Gasteiger partial charge in [0, 0.05) is 37.0 Å². The Morgan fingerprint density at radius 1 is 1.09 bits per heavy atom. The number of amides is 2. The van der Waals surface area contributed by atoms with Crippen LogP contribution in [0.15, 0.2) is 0 Å². The van der Waals surface area contributed by atoms with E-state index in [2.05, 4.69) is 5.32 Å². The molecule has 22 heavy (non-hydrogen) atoms. The molecule has 3 N–H and O–H groups in total. The van der Waals surface area contributed by atoms with Crippen LogP contribution in [0.4, 0.5) is 0 Å². The molecule has 2 amide bonds. The number of carbonyl (C=O) groups is 2. The van der Waals surface area contributed by atoms with Gasteiger partial charge in [-0.3, -0.25) is 9.59 Å². The normalized spacial score (nSPS) is 25.5. The fraction of sp³-hybridized carbons (Fsp3) is 0.875. The summed E-state index contributed by atoms with van der Waals surface area (Å²) < 4.78 is 0. The second kappa shape index (κ2) is 8.16. The number of hydrogen-bond acceptors (Lipinski definition) is 3. The molecular weight excluding hydrogens is 302 g/mol. The summed E-state index contributed by atoms with van der Waals surface area (Å²) in [7, 11) is 0. The predicted molar refractivity (Wildman–Crippen MR) is 89.8 cm³/mol. The Balaban J connectivity index is 0.00000242. The standard InChI is InChI=1S/C16H29N3O2.ClH/c1-16(2,17)11-18-14(20)12-7-3-4-8-13(12)15(21)19-9-5-6-10-19;/h12-13H,3-11,17H2,1-2H3,(H,18,20);1H. The molecular formula is C16H30ClN3O2. The monoisotopic (exact) mass is 331 g/mol. The second-order valence-corrected chi connectivity index (χ2v) is 7.24. The average Bonchev–Trinajstić information content (AvgIpc) is 2.97. The molecule has 0 aromatic carbocycles. The third-order valence-corrected chi connectivity index (χ3v) is 4.56. The lowest BCUT2D eigenvalue weighted by Gasteiger charge is -2.33. The minimum Gasteiger partial charge on any atom is -0.354 e. The molecule has 0 aromatic heterocycles. The molecule has 1 aliphatic heterocycles. The lowest BCUT2D eigenvalue weighted by molar-refractivity contribution is -0.142. The molecule has 2 unspecified atom stereocenters. The molecule has 1 heterocycles. The van der Waals surface area contributed by atoms with Crippen molar-refractivity contribution < 1.29 is 9.59 Å². The number of nitrogens with two attached hydrogens (primary N) is 1. The van der Waals surface area contributed by atoms with Gasteiger partial charge in [-0.2, -0.15) is 0 Å². The van der Waals surface area contributed by atoms with Crippen LogP contribution in [-0.4, -0.2) is 41.9 Å². The Morgan fingerprint density at radius 2 is 1.64 bits per heavy atom. The maximum Gasteiger partial charge on any atom is 0.226 e. The van der Waals surface area contributed by atoms with E-state index in [0.29, 0.717) is 6.54 Å². The SMILES string of the molecule is CC(C)(N)CNC(=O)C1CCCCC1C(=O)N1CCCC1.Cl. The summed E-state index contributed by atoms with van der Waals surface area (Å²) in [5, 5.41) is 2.93. The number of hydrogen-bond donors (Lipinski definition) is 2. The molecule has 0 bridgehead atoms. The Kier molecular flexibility index (Phi) is 7.13. The van der Waals surface area contributed by atoms with Crippen molar-refractivity contribution in [2.45, 2.75) is 57.9 Å². The molecule has 1 aliphatic carbocycles. The van der Waals surface area contributed by atoms with Crippen LogP contribution in [-0.2, 0) is 9.59 Å². The van der Waals surface area contributed by atoms with Crippen molar-refractivity contribution in [2.24, 2.45) is 17.6 Å². The van der Waals surface area contributed by atoms with Crippen LogP contribution in [0.1, 0.15) is 52.4 Å². The molecule has 2 fully saturated rings. The molecule has 128 valence electrons. The van der Waals surface area contributed by atoms with Crippen molar-refractivity contribution >= 4 is 24.2 Å². The highest BCUT2D eigenvalue weighted by atomic mass is 35.5. The number of rotatable bonds is 4. The third kappa shape index (κ3) is 5.13. The van der Waals surface area contributed by atoms with E-state index in [9.17, 15) is 9.59 Å². The number of halogens is 1. The van der Waals surface area contributed by atoms with E-state index in [4.69, 9.17) is 5.73 Å². The van der Waals surface area contributed by atoms with Crippen LogP contribution < -0.4 is 11.1 Å². The number of likely N-dealkylation sites (tertiary alicyclic amines) is 1. The lowest BCUT2D eigenvalue weighted by atomic mass is 9.77. The summed E-state index contributed by atoms with van der Waals surface area (Å²) in [5.74, 6) is -0.0999. The summed E-state index contributed by atoms with van der Waals surface area (Å²) in [5.41, 5.74) is 5.50. The Hall–Kier alpha value is -0.810. The molecule has 2 aliphatic rings. The van der Waals surface area contributed by atoms with E-state index in [-0.39, 0.29) is 36.1 Å². The van der Waals surface area contributed by atoms with Crippen molar-refractivity contribution in [1.82, 2.24) is 10.2 Å². The van der Waals surface area contributed by atoms with Gasteiger partial charge in [0.2, 0.25) is 11.8 Å². The van der Waals surface area contributed by atoms with Gasteiger partial charge in [-0.25, -0.2) is 0 Å². The Labute approximate surface area is 139 Å². The highest BCUT2D eigenvalue weighted by molar-refractivity contribution is 5.88. The first-order chi connectivity index (χ1) is 9.88. The van der Waals surface area contributed by atoms with E-state index in [1.807, 2.05) is 18.7 Å². The summed E-state index contributed by atoms with van der Waals surface area (Å²) in [6, 6.07) is 0. The van der Waals surface area contributed by atoms with Crippen LogP contribution in [0.25, 0.3) is 0 Å². The third-order valence-electron chi connectivity index (χ3n) is 4.56. The first-order valence-electron chi connectivity index (χ1n) is 8.24. The lowest BCUT2D eigenvalue weighted by Crippen LogP contribution is -2.49. The van der Waals surface area contributed by atoms with E-state index < -0.39 is 5.54 Å². The Morgan fingerprint density at radius 3 is 2.18 bits per heavy atom. The van der Waals surface area contributed by atoms with Crippen LogP contribution in [0.5, 0.6) is 0 Å². The van der Waals surface area contributed by atoms with Gasteiger partial charge in [0.1, 0.15) is 0 Å². The second-order valence-electron chi connectivity index (χ2n) is 7.24. The molecule has 2 rings (SSSR count). The Bertz CT molecular complexity index is 389. The molecule has 0 spiro atoms. The van der Waals surface area contributed by atoms with Crippen LogP contribution in [0.3, 0.4) is 0 Å². The number of carbonyl (C=O) groups excluding carboxylic acids is 2. The van der Waals surface area contributed by atoms with Gasteiger partial charge in [-0.15, -0.1) is 12.4 Å². The van der Waals surface area contributed by atoms with Crippen molar-refractivity contribution in [3.05, 3.63) is 0 Å².